The molecule has 0 saturated heterocycles. The molecule has 2 aromatic rings. The summed E-state index contributed by atoms with van der Waals surface area (Å²) in [6.07, 6.45) is -0.310. The second kappa shape index (κ2) is 7.02. The number of sulfone groups is 1. The average molecular weight is 368 g/mol. The van der Waals surface area contributed by atoms with Crippen molar-refractivity contribution < 1.29 is 22.7 Å². The quantitative estimate of drug-likeness (QED) is 0.815. The Bertz CT molecular complexity index is 881. The Hall–Kier alpha value is -2.38. The molecule has 2 rings (SSSR count). The third-order valence-corrected chi connectivity index (χ3v) is 4.73. The number of esters is 1. The van der Waals surface area contributed by atoms with Crippen molar-refractivity contribution in [3.8, 4) is 0 Å². The third-order valence-electron chi connectivity index (χ3n) is 3.15. The van der Waals surface area contributed by atoms with E-state index in [1.165, 1.54) is 12.1 Å². The van der Waals surface area contributed by atoms with Gasteiger partial charge in [-0.3, -0.25) is 4.79 Å². The van der Waals surface area contributed by atoms with Gasteiger partial charge in [0.25, 0.3) is 5.91 Å². The lowest BCUT2D eigenvalue weighted by Crippen LogP contribution is -2.26. The van der Waals surface area contributed by atoms with Crippen molar-refractivity contribution in [2.24, 2.45) is 5.73 Å². The van der Waals surface area contributed by atoms with Crippen LogP contribution in [0.3, 0.4) is 0 Å². The summed E-state index contributed by atoms with van der Waals surface area (Å²) in [4.78, 5) is 23.6. The van der Waals surface area contributed by atoms with Gasteiger partial charge < -0.3 is 10.5 Å². The van der Waals surface area contributed by atoms with Gasteiger partial charge in [-0.2, -0.15) is 0 Å². The Morgan fingerprint density at radius 2 is 1.75 bits per heavy atom. The molecule has 0 fully saturated rings. The Labute approximate surface area is 144 Å². The van der Waals surface area contributed by atoms with Gasteiger partial charge in [0, 0.05) is 11.8 Å². The largest absolute Gasteiger partial charge is 0.444 e. The number of carbonyl (C=O) groups is 2. The maximum Gasteiger partial charge on any atom is 0.339 e. The van der Waals surface area contributed by atoms with Crippen LogP contribution in [0, 0.1) is 0 Å². The predicted octanol–water partition coefficient (Wildman–Crippen LogP) is 2.13. The highest BCUT2D eigenvalue weighted by Gasteiger charge is 2.24. The molecule has 1 amide bonds. The zero-order chi connectivity index (χ0) is 17.9. The molecule has 1 atom stereocenters. The van der Waals surface area contributed by atoms with Gasteiger partial charge in [-0.1, -0.05) is 41.9 Å². The number of nitrogens with two attached hydrogens (primary N) is 1. The number of halogens is 1. The van der Waals surface area contributed by atoms with E-state index in [1.807, 2.05) is 0 Å². The average Bonchev–Trinajstić information content (AvgIpc) is 2.52. The van der Waals surface area contributed by atoms with Crippen LogP contribution in [-0.2, 0) is 19.4 Å². The van der Waals surface area contributed by atoms with Gasteiger partial charge in [0.1, 0.15) is 0 Å². The number of carbonyl (C=O) groups excluding carboxylic acids is 2. The standard InChI is InChI=1S/C16H14ClNO5S/c1-24(21,22)13-9-11(7-8-12(13)17)16(20)23-14(15(18)19)10-5-3-2-4-6-10/h2-9,14H,1H3,(H2,18,19)/t14-/m0/s1. The summed E-state index contributed by atoms with van der Waals surface area (Å²) in [5.41, 5.74) is 5.64. The van der Waals surface area contributed by atoms with Crippen molar-refractivity contribution in [2.45, 2.75) is 11.0 Å². The molecule has 0 saturated carbocycles. The van der Waals surface area contributed by atoms with Gasteiger partial charge in [0.2, 0.25) is 6.10 Å². The van der Waals surface area contributed by atoms with Crippen LogP contribution in [0.15, 0.2) is 53.4 Å². The molecule has 8 heteroatoms. The fraction of sp³-hybridized carbons (Fsp3) is 0.125. The minimum absolute atomic E-state index is 0.0106. The summed E-state index contributed by atoms with van der Waals surface area (Å²) in [5, 5.41) is -0.0106. The van der Waals surface area contributed by atoms with E-state index in [0.717, 1.165) is 12.3 Å². The number of rotatable bonds is 5. The molecule has 0 aliphatic rings. The third kappa shape index (κ3) is 4.12. The number of amides is 1. The molecule has 0 aliphatic carbocycles. The second-order valence-corrected chi connectivity index (χ2v) is 7.41. The summed E-state index contributed by atoms with van der Waals surface area (Å²) >= 11 is 5.83. The van der Waals surface area contributed by atoms with Gasteiger partial charge in [0.05, 0.1) is 15.5 Å². The molecule has 6 nitrogen and oxygen atoms in total. The maximum absolute atomic E-state index is 12.3. The van der Waals surface area contributed by atoms with E-state index in [1.54, 1.807) is 30.3 Å². The highest BCUT2D eigenvalue weighted by Crippen LogP contribution is 2.24. The van der Waals surface area contributed by atoms with Crippen LogP contribution in [0.5, 0.6) is 0 Å². The molecule has 24 heavy (non-hydrogen) atoms. The van der Waals surface area contributed by atoms with Gasteiger partial charge in [-0.05, 0) is 18.2 Å². The van der Waals surface area contributed by atoms with Crippen molar-refractivity contribution in [1.82, 2.24) is 0 Å². The molecular formula is C16H14ClNO5S. The highest BCUT2D eigenvalue weighted by molar-refractivity contribution is 7.90. The van der Waals surface area contributed by atoms with Crippen molar-refractivity contribution in [3.05, 3.63) is 64.7 Å². The molecule has 2 N–H and O–H groups in total. The number of ether oxygens (including phenoxy) is 1. The smallest absolute Gasteiger partial charge is 0.339 e. The van der Waals surface area contributed by atoms with Gasteiger partial charge in [-0.15, -0.1) is 0 Å². The van der Waals surface area contributed by atoms with E-state index in [0.29, 0.717) is 5.56 Å². The van der Waals surface area contributed by atoms with Crippen molar-refractivity contribution in [1.29, 1.82) is 0 Å². The zero-order valence-electron chi connectivity index (χ0n) is 12.6. The highest BCUT2D eigenvalue weighted by atomic mass is 35.5. The Kier molecular flexibility index (Phi) is 5.26. The van der Waals surface area contributed by atoms with Crippen molar-refractivity contribution in [2.75, 3.05) is 6.26 Å². The van der Waals surface area contributed by atoms with Crippen LogP contribution in [0.25, 0.3) is 0 Å². The lowest BCUT2D eigenvalue weighted by molar-refractivity contribution is -0.127. The molecule has 0 unspecified atom stereocenters. The lowest BCUT2D eigenvalue weighted by atomic mass is 10.1. The van der Waals surface area contributed by atoms with Gasteiger partial charge in [0.15, 0.2) is 9.84 Å². The second-order valence-electron chi connectivity index (χ2n) is 5.02. The van der Waals surface area contributed by atoms with Crippen LogP contribution < -0.4 is 5.73 Å². The summed E-state index contributed by atoms with van der Waals surface area (Å²) in [6, 6.07) is 11.9. The Morgan fingerprint density at radius 3 is 2.29 bits per heavy atom. The van der Waals surface area contributed by atoms with E-state index in [-0.39, 0.29) is 15.5 Å². The topological polar surface area (TPSA) is 104 Å². The molecular weight excluding hydrogens is 354 g/mol. The molecule has 0 aromatic heterocycles. The van der Waals surface area contributed by atoms with Gasteiger partial charge in [-0.25, -0.2) is 13.2 Å². The summed E-state index contributed by atoms with van der Waals surface area (Å²) in [7, 11) is -3.62. The maximum atomic E-state index is 12.3. The molecule has 126 valence electrons. The first-order valence-electron chi connectivity index (χ1n) is 6.75. The van der Waals surface area contributed by atoms with Crippen LogP contribution in [0.2, 0.25) is 5.02 Å². The SMILES string of the molecule is CS(=O)(=O)c1cc(C(=O)O[C@H](C(N)=O)c2ccccc2)ccc1Cl. The van der Waals surface area contributed by atoms with Crippen LogP contribution in [0.4, 0.5) is 0 Å². The minimum atomic E-state index is -3.62. The number of benzene rings is 2. The number of hydrogen-bond acceptors (Lipinski definition) is 5. The molecule has 0 spiro atoms. The molecule has 0 bridgehead atoms. The van der Waals surface area contributed by atoms with Crippen LogP contribution >= 0.6 is 11.6 Å². The normalized spacial score (nSPS) is 12.4. The van der Waals surface area contributed by atoms with E-state index >= 15 is 0 Å². The van der Waals surface area contributed by atoms with Gasteiger partial charge >= 0.3 is 5.97 Å². The lowest BCUT2D eigenvalue weighted by Gasteiger charge is -2.15. The van der Waals surface area contributed by atoms with Crippen molar-refractivity contribution in [3.63, 3.8) is 0 Å². The molecule has 0 heterocycles. The van der Waals surface area contributed by atoms with E-state index in [9.17, 15) is 18.0 Å². The van der Waals surface area contributed by atoms with E-state index in [2.05, 4.69) is 0 Å². The first kappa shape index (κ1) is 18.0. The predicted molar refractivity (Wildman–Crippen MR) is 88.4 cm³/mol. The van der Waals surface area contributed by atoms with E-state index in [4.69, 9.17) is 22.1 Å². The number of hydrogen-bond donors (Lipinski definition) is 1. The molecule has 0 aliphatic heterocycles. The summed E-state index contributed by atoms with van der Waals surface area (Å²) < 4.78 is 28.5. The van der Waals surface area contributed by atoms with E-state index < -0.39 is 27.8 Å². The Morgan fingerprint density at radius 1 is 1.12 bits per heavy atom. The fourth-order valence-electron chi connectivity index (χ4n) is 2.01. The Balaban J connectivity index is 2.33. The zero-order valence-corrected chi connectivity index (χ0v) is 14.2. The molecule has 2 aromatic carbocycles. The first-order chi connectivity index (χ1) is 11.2. The van der Waals surface area contributed by atoms with Crippen LogP contribution in [0.1, 0.15) is 22.0 Å². The fourth-order valence-corrected chi connectivity index (χ4v) is 3.31. The summed E-state index contributed by atoms with van der Waals surface area (Å²) in [5.74, 6) is -1.73. The summed E-state index contributed by atoms with van der Waals surface area (Å²) in [6.45, 7) is 0. The van der Waals surface area contributed by atoms with Crippen molar-refractivity contribution >= 4 is 33.3 Å². The monoisotopic (exact) mass is 367 g/mol. The van der Waals surface area contributed by atoms with Crippen LogP contribution in [-0.4, -0.2) is 26.6 Å². The molecule has 0 radical (unpaired) electrons. The first-order valence-corrected chi connectivity index (χ1v) is 9.02. The number of primary amides is 1. The minimum Gasteiger partial charge on any atom is -0.444 e.